The third-order valence-electron chi connectivity index (χ3n) is 3.04. The van der Waals surface area contributed by atoms with Crippen molar-refractivity contribution in [2.45, 2.75) is 19.4 Å². The molecule has 21 heavy (non-hydrogen) atoms. The van der Waals surface area contributed by atoms with Crippen LogP contribution >= 0.6 is 0 Å². The van der Waals surface area contributed by atoms with E-state index < -0.39 is 0 Å². The Morgan fingerprint density at radius 2 is 1.76 bits per heavy atom. The summed E-state index contributed by atoms with van der Waals surface area (Å²) < 4.78 is 24.7. The molecule has 0 aliphatic carbocycles. The molecule has 0 bridgehead atoms. The molecule has 0 aliphatic heterocycles. The lowest BCUT2D eigenvalue weighted by Gasteiger charge is -2.11. The molecule has 3 nitrogen and oxygen atoms in total. The fourth-order valence-electron chi connectivity index (χ4n) is 1.87. The van der Waals surface area contributed by atoms with Gasteiger partial charge in [-0.2, -0.15) is 0 Å². The van der Waals surface area contributed by atoms with Gasteiger partial charge in [0, 0.05) is 12.5 Å². The van der Waals surface area contributed by atoms with Crippen LogP contribution in [-0.4, -0.2) is 13.2 Å². The summed E-state index contributed by atoms with van der Waals surface area (Å²) in [6.45, 7) is 2.75. The number of hydrogen-bond acceptors (Lipinski definition) is 3. The van der Waals surface area contributed by atoms with E-state index >= 15 is 0 Å². The van der Waals surface area contributed by atoms with E-state index in [9.17, 15) is 4.39 Å². The first-order valence-corrected chi connectivity index (χ1v) is 7.02. The fraction of sp³-hybridized carbons (Fsp3) is 0.294. The zero-order valence-corrected chi connectivity index (χ0v) is 12.1. The predicted octanol–water partition coefficient (Wildman–Crippen LogP) is 3.69. The first kappa shape index (κ1) is 15.3. The van der Waals surface area contributed by atoms with Crippen LogP contribution in [0.5, 0.6) is 11.5 Å². The third-order valence-corrected chi connectivity index (χ3v) is 3.04. The van der Waals surface area contributed by atoms with Gasteiger partial charge in [0.2, 0.25) is 0 Å². The summed E-state index contributed by atoms with van der Waals surface area (Å²) in [6, 6.07) is 14.2. The van der Waals surface area contributed by atoms with Gasteiger partial charge >= 0.3 is 0 Å². The van der Waals surface area contributed by atoms with Crippen LogP contribution < -0.4 is 15.2 Å². The van der Waals surface area contributed by atoms with E-state index in [-0.39, 0.29) is 17.6 Å². The summed E-state index contributed by atoms with van der Waals surface area (Å²) in [7, 11) is 0. The molecule has 0 saturated heterocycles. The largest absolute Gasteiger partial charge is 0.493 e. The number of halogens is 1. The molecule has 0 heterocycles. The van der Waals surface area contributed by atoms with Crippen LogP contribution in [0.15, 0.2) is 48.5 Å². The van der Waals surface area contributed by atoms with Crippen molar-refractivity contribution in [3.05, 3.63) is 59.9 Å². The minimum Gasteiger partial charge on any atom is -0.493 e. The van der Waals surface area contributed by atoms with Crippen molar-refractivity contribution in [2.75, 3.05) is 13.2 Å². The normalized spacial score (nSPS) is 12.0. The molecule has 2 rings (SSSR count). The highest BCUT2D eigenvalue weighted by molar-refractivity contribution is 5.30. The molecule has 0 spiro atoms. The van der Waals surface area contributed by atoms with Crippen molar-refractivity contribution in [3.8, 4) is 11.5 Å². The molecule has 0 radical (unpaired) electrons. The third kappa shape index (κ3) is 4.76. The quantitative estimate of drug-likeness (QED) is 0.791. The topological polar surface area (TPSA) is 44.5 Å². The van der Waals surface area contributed by atoms with Crippen LogP contribution in [0.4, 0.5) is 4.39 Å². The van der Waals surface area contributed by atoms with Crippen molar-refractivity contribution in [2.24, 2.45) is 5.73 Å². The van der Waals surface area contributed by atoms with Gasteiger partial charge in [-0.15, -0.1) is 0 Å². The standard InChI is InChI=1S/C17H20FNO2/c1-13(19)14-8-9-17(16(18)12-14)21-11-5-10-20-15-6-3-2-4-7-15/h2-4,6-9,12-13H,5,10-11,19H2,1H3/t13-/m1/s1. The summed E-state index contributed by atoms with van der Waals surface area (Å²) in [5.41, 5.74) is 6.46. The van der Waals surface area contributed by atoms with Crippen LogP contribution in [-0.2, 0) is 0 Å². The Morgan fingerprint density at radius 3 is 2.43 bits per heavy atom. The Labute approximate surface area is 124 Å². The average Bonchev–Trinajstić information content (AvgIpc) is 2.49. The smallest absolute Gasteiger partial charge is 0.165 e. The lowest BCUT2D eigenvalue weighted by molar-refractivity contribution is 0.241. The Balaban J connectivity index is 1.74. The molecule has 0 saturated carbocycles. The highest BCUT2D eigenvalue weighted by Crippen LogP contribution is 2.21. The number of rotatable bonds is 7. The van der Waals surface area contributed by atoms with Crippen LogP contribution in [0.2, 0.25) is 0 Å². The second kappa shape index (κ2) is 7.64. The van der Waals surface area contributed by atoms with Gasteiger partial charge in [0.1, 0.15) is 5.75 Å². The van der Waals surface area contributed by atoms with Crippen LogP contribution in [0.25, 0.3) is 0 Å². The lowest BCUT2D eigenvalue weighted by atomic mass is 10.1. The summed E-state index contributed by atoms with van der Waals surface area (Å²) >= 11 is 0. The molecule has 2 N–H and O–H groups in total. The maximum atomic E-state index is 13.8. The molecule has 0 amide bonds. The van der Waals surface area contributed by atoms with Crippen LogP contribution in [0.3, 0.4) is 0 Å². The number of benzene rings is 2. The monoisotopic (exact) mass is 289 g/mol. The van der Waals surface area contributed by atoms with Crippen LogP contribution in [0.1, 0.15) is 24.9 Å². The Hall–Kier alpha value is -2.07. The van der Waals surface area contributed by atoms with E-state index in [1.54, 1.807) is 12.1 Å². The highest BCUT2D eigenvalue weighted by Gasteiger charge is 2.07. The van der Waals surface area contributed by atoms with Crippen molar-refractivity contribution in [1.29, 1.82) is 0 Å². The van der Waals surface area contributed by atoms with E-state index in [1.165, 1.54) is 6.07 Å². The van der Waals surface area contributed by atoms with E-state index in [1.807, 2.05) is 37.3 Å². The number of ether oxygens (including phenoxy) is 2. The second-order valence-electron chi connectivity index (χ2n) is 4.84. The van der Waals surface area contributed by atoms with Crippen molar-refractivity contribution < 1.29 is 13.9 Å². The maximum absolute atomic E-state index is 13.8. The highest BCUT2D eigenvalue weighted by atomic mass is 19.1. The fourth-order valence-corrected chi connectivity index (χ4v) is 1.87. The molecule has 0 unspecified atom stereocenters. The average molecular weight is 289 g/mol. The minimum atomic E-state index is -0.381. The Bertz CT molecular complexity index is 558. The summed E-state index contributed by atoms with van der Waals surface area (Å²) in [5, 5.41) is 0. The maximum Gasteiger partial charge on any atom is 0.165 e. The van der Waals surface area contributed by atoms with Gasteiger partial charge < -0.3 is 15.2 Å². The number of hydrogen-bond donors (Lipinski definition) is 1. The Kier molecular flexibility index (Phi) is 5.58. The molecule has 2 aromatic rings. The van der Waals surface area contributed by atoms with Gasteiger partial charge in [0.05, 0.1) is 13.2 Å². The van der Waals surface area contributed by atoms with Gasteiger partial charge in [0.25, 0.3) is 0 Å². The first-order valence-electron chi connectivity index (χ1n) is 7.02. The van der Waals surface area contributed by atoms with Crippen molar-refractivity contribution >= 4 is 0 Å². The van der Waals surface area contributed by atoms with E-state index in [2.05, 4.69) is 0 Å². The summed E-state index contributed by atoms with van der Waals surface area (Å²) in [4.78, 5) is 0. The molecule has 0 aromatic heterocycles. The molecule has 112 valence electrons. The van der Waals surface area contributed by atoms with Crippen LogP contribution in [0, 0.1) is 5.82 Å². The van der Waals surface area contributed by atoms with Gasteiger partial charge in [-0.3, -0.25) is 0 Å². The minimum absolute atomic E-state index is 0.187. The Morgan fingerprint density at radius 1 is 1.05 bits per heavy atom. The van der Waals surface area contributed by atoms with Crippen molar-refractivity contribution in [1.82, 2.24) is 0 Å². The van der Waals surface area contributed by atoms with E-state index in [0.29, 0.717) is 19.6 Å². The number of para-hydroxylation sites is 1. The molecule has 0 aliphatic rings. The second-order valence-corrected chi connectivity index (χ2v) is 4.84. The first-order chi connectivity index (χ1) is 10.2. The van der Waals surface area contributed by atoms with Gasteiger partial charge in [0.15, 0.2) is 11.6 Å². The van der Waals surface area contributed by atoms with Gasteiger partial charge in [-0.25, -0.2) is 4.39 Å². The zero-order valence-electron chi connectivity index (χ0n) is 12.1. The van der Waals surface area contributed by atoms with E-state index in [4.69, 9.17) is 15.2 Å². The molecule has 0 fully saturated rings. The summed E-state index contributed by atoms with van der Waals surface area (Å²) in [5.74, 6) is 0.692. The van der Waals surface area contributed by atoms with Crippen molar-refractivity contribution in [3.63, 3.8) is 0 Å². The lowest BCUT2D eigenvalue weighted by Crippen LogP contribution is -2.08. The predicted molar refractivity (Wildman–Crippen MR) is 81.1 cm³/mol. The van der Waals surface area contributed by atoms with E-state index in [0.717, 1.165) is 11.3 Å². The molecular weight excluding hydrogens is 269 g/mol. The van der Waals surface area contributed by atoms with Gasteiger partial charge in [-0.05, 0) is 36.8 Å². The zero-order chi connectivity index (χ0) is 15.1. The molecule has 2 aromatic carbocycles. The number of nitrogens with two attached hydrogens (primary N) is 1. The SMILES string of the molecule is C[C@@H](N)c1ccc(OCCCOc2ccccc2)c(F)c1. The van der Waals surface area contributed by atoms with Gasteiger partial charge in [-0.1, -0.05) is 24.3 Å². The molecule has 1 atom stereocenters. The summed E-state index contributed by atoms with van der Waals surface area (Å²) in [6.07, 6.45) is 0.684. The molecule has 4 heteroatoms. The molecular formula is C17H20FNO2.